The van der Waals surface area contributed by atoms with Crippen LogP contribution in [-0.4, -0.2) is 32.9 Å². The van der Waals surface area contributed by atoms with Crippen LogP contribution in [0.1, 0.15) is 24.5 Å². The van der Waals surface area contributed by atoms with Crippen LogP contribution in [0.15, 0.2) is 0 Å². The summed E-state index contributed by atoms with van der Waals surface area (Å²) >= 11 is 0. The molecular weight excluding hydrogens is 184 g/mol. The van der Waals surface area contributed by atoms with E-state index in [1.807, 2.05) is 13.8 Å². The second kappa shape index (κ2) is 4.08. The van der Waals surface area contributed by atoms with Crippen molar-refractivity contribution in [1.82, 2.24) is 14.8 Å². The fourth-order valence-electron chi connectivity index (χ4n) is 1.18. The maximum absolute atomic E-state index is 10.8. The van der Waals surface area contributed by atoms with E-state index in [0.717, 1.165) is 0 Å². The number of nitrogens with one attached hydrogen (secondary N) is 1. The predicted molar refractivity (Wildman–Crippen MR) is 51.4 cm³/mol. The van der Waals surface area contributed by atoms with E-state index < -0.39 is 5.97 Å². The Bertz CT molecular complexity index is 332. The van der Waals surface area contributed by atoms with E-state index in [9.17, 15) is 4.79 Å². The maximum atomic E-state index is 10.8. The number of hydrogen-bond acceptors (Lipinski definition) is 4. The maximum Gasteiger partial charge on any atom is 0.374 e. The van der Waals surface area contributed by atoms with E-state index in [2.05, 4.69) is 15.5 Å². The number of carbonyl (C=O) groups is 1. The zero-order chi connectivity index (χ0) is 10.7. The molecule has 0 radical (unpaired) electrons. The van der Waals surface area contributed by atoms with E-state index in [1.165, 1.54) is 0 Å². The first-order valence-electron chi connectivity index (χ1n) is 4.40. The molecule has 0 spiro atoms. The summed E-state index contributed by atoms with van der Waals surface area (Å²) in [6.45, 7) is 4.60. The number of carboxylic acids is 1. The minimum atomic E-state index is -1.06. The largest absolute Gasteiger partial charge is 0.475 e. The van der Waals surface area contributed by atoms with Crippen LogP contribution in [0.5, 0.6) is 0 Å². The number of aromatic carboxylic acids is 1. The highest BCUT2D eigenvalue weighted by molar-refractivity contribution is 5.83. The van der Waals surface area contributed by atoms with E-state index in [0.29, 0.717) is 18.4 Å². The molecule has 0 fully saturated rings. The van der Waals surface area contributed by atoms with Crippen LogP contribution in [0, 0.1) is 5.92 Å². The van der Waals surface area contributed by atoms with Gasteiger partial charge in [-0.25, -0.2) is 4.79 Å². The van der Waals surface area contributed by atoms with Crippen molar-refractivity contribution >= 4 is 11.9 Å². The Kier molecular flexibility index (Phi) is 3.06. The Morgan fingerprint density at radius 2 is 2.21 bits per heavy atom. The lowest BCUT2D eigenvalue weighted by atomic mass is 10.2. The molecule has 0 saturated heterocycles. The number of nitrogens with zero attached hydrogens (tertiary/aromatic N) is 3. The first-order valence-corrected chi connectivity index (χ1v) is 4.40. The monoisotopic (exact) mass is 198 g/mol. The van der Waals surface area contributed by atoms with Gasteiger partial charge in [-0.05, 0) is 5.92 Å². The Labute approximate surface area is 82.0 Å². The molecule has 6 heteroatoms. The van der Waals surface area contributed by atoms with Crippen molar-refractivity contribution in [3.63, 3.8) is 0 Å². The molecule has 1 aromatic rings. The van der Waals surface area contributed by atoms with Crippen LogP contribution in [-0.2, 0) is 6.54 Å². The molecule has 1 aromatic heterocycles. The average molecular weight is 198 g/mol. The number of carboxylic acid groups (broad SMARTS) is 1. The van der Waals surface area contributed by atoms with Crippen LogP contribution in [0.4, 0.5) is 5.95 Å². The van der Waals surface area contributed by atoms with Crippen molar-refractivity contribution in [2.45, 2.75) is 20.4 Å². The van der Waals surface area contributed by atoms with Gasteiger partial charge in [0, 0.05) is 13.6 Å². The Morgan fingerprint density at radius 1 is 1.57 bits per heavy atom. The van der Waals surface area contributed by atoms with Crippen molar-refractivity contribution in [3.05, 3.63) is 5.82 Å². The molecule has 6 nitrogen and oxygen atoms in total. The summed E-state index contributed by atoms with van der Waals surface area (Å²) in [6, 6.07) is 0. The molecule has 0 aliphatic heterocycles. The minimum absolute atomic E-state index is 0.0250. The summed E-state index contributed by atoms with van der Waals surface area (Å²) in [6.07, 6.45) is 0. The number of aromatic nitrogens is 3. The lowest BCUT2D eigenvalue weighted by Crippen LogP contribution is -2.14. The number of hydrogen-bond donors (Lipinski definition) is 2. The molecular formula is C8H14N4O2. The molecule has 0 atom stereocenters. The van der Waals surface area contributed by atoms with Crippen LogP contribution < -0.4 is 5.32 Å². The van der Waals surface area contributed by atoms with Crippen molar-refractivity contribution < 1.29 is 9.90 Å². The summed E-state index contributed by atoms with van der Waals surface area (Å²) in [4.78, 5) is 10.8. The molecule has 0 unspecified atom stereocenters. The first kappa shape index (κ1) is 10.5. The highest BCUT2D eigenvalue weighted by atomic mass is 16.4. The second-order valence-electron chi connectivity index (χ2n) is 3.41. The zero-order valence-electron chi connectivity index (χ0n) is 8.48. The molecule has 0 amide bonds. The minimum Gasteiger partial charge on any atom is -0.475 e. The zero-order valence-corrected chi connectivity index (χ0v) is 8.48. The van der Waals surface area contributed by atoms with Gasteiger partial charge in [0.2, 0.25) is 11.8 Å². The smallest absolute Gasteiger partial charge is 0.374 e. The van der Waals surface area contributed by atoms with Gasteiger partial charge in [0.1, 0.15) is 0 Å². The Morgan fingerprint density at radius 3 is 2.64 bits per heavy atom. The van der Waals surface area contributed by atoms with Crippen LogP contribution in [0.2, 0.25) is 0 Å². The summed E-state index contributed by atoms with van der Waals surface area (Å²) in [5.74, 6) is -0.255. The van der Waals surface area contributed by atoms with Gasteiger partial charge in [0.25, 0.3) is 0 Å². The molecule has 0 aliphatic rings. The van der Waals surface area contributed by atoms with E-state index in [1.54, 1.807) is 11.6 Å². The number of anilines is 1. The van der Waals surface area contributed by atoms with Crippen LogP contribution in [0.3, 0.4) is 0 Å². The van der Waals surface area contributed by atoms with Gasteiger partial charge < -0.3 is 10.4 Å². The molecule has 1 heterocycles. The van der Waals surface area contributed by atoms with Gasteiger partial charge in [-0.15, -0.1) is 10.2 Å². The summed E-state index contributed by atoms with van der Waals surface area (Å²) in [5, 5.41) is 19.0. The van der Waals surface area contributed by atoms with E-state index >= 15 is 0 Å². The quantitative estimate of drug-likeness (QED) is 0.743. The van der Waals surface area contributed by atoms with Gasteiger partial charge in [-0.2, -0.15) is 0 Å². The fourth-order valence-corrected chi connectivity index (χ4v) is 1.18. The lowest BCUT2D eigenvalue weighted by Gasteiger charge is -2.09. The van der Waals surface area contributed by atoms with E-state index in [4.69, 9.17) is 5.11 Å². The van der Waals surface area contributed by atoms with Gasteiger partial charge in [-0.1, -0.05) is 13.8 Å². The summed E-state index contributed by atoms with van der Waals surface area (Å²) in [7, 11) is 1.69. The van der Waals surface area contributed by atoms with Crippen molar-refractivity contribution in [3.8, 4) is 0 Å². The number of rotatable bonds is 4. The highest BCUT2D eigenvalue weighted by Gasteiger charge is 2.17. The first-order chi connectivity index (χ1) is 6.56. The Hall–Kier alpha value is -1.59. The molecule has 1 rings (SSSR count). The molecule has 0 saturated carbocycles. The normalized spacial score (nSPS) is 10.6. The van der Waals surface area contributed by atoms with Gasteiger partial charge >= 0.3 is 5.97 Å². The molecule has 0 aliphatic carbocycles. The second-order valence-corrected chi connectivity index (χ2v) is 3.41. The van der Waals surface area contributed by atoms with Gasteiger partial charge in [0.15, 0.2) is 0 Å². The summed E-state index contributed by atoms with van der Waals surface area (Å²) in [5.41, 5.74) is 0. The van der Waals surface area contributed by atoms with E-state index in [-0.39, 0.29) is 5.82 Å². The van der Waals surface area contributed by atoms with Crippen LogP contribution >= 0.6 is 0 Å². The Balaban J connectivity index is 3.06. The standard InChI is InChI=1S/C8H14N4O2/c1-5(2)4-12-6(7(13)14)10-11-8(12)9-3/h5H,4H2,1-3H3,(H,9,11)(H,13,14). The van der Waals surface area contributed by atoms with Crippen molar-refractivity contribution in [2.24, 2.45) is 5.92 Å². The average Bonchev–Trinajstić information content (AvgIpc) is 2.46. The SMILES string of the molecule is CNc1nnc(C(=O)O)n1CC(C)C. The highest BCUT2D eigenvalue weighted by Crippen LogP contribution is 2.10. The van der Waals surface area contributed by atoms with Crippen LogP contribution in [0.25, 0.3) is 0 Å². The fraction of sp³-hybridized carbons (Fsp3) is 0.625. The topological polar surface area (TPSA) is 80.0 Å². The molecule has 0 bridgehead atoms. The lowest BCUT2D eigenvalue weighted by molar-refractivity contribution is 0.0677. The predicted octanol–water partition coefficient (Wildman–Crippen LogP) is 0.674. The third kappa shape index (κ3) is 2.01. The molecule has 2 N–H and O–H groups in total. The molecule has 78 valence electrons. The van der Waals surface area contributed by atoms with Gasteiger partial charge in [0.05, 0.1) is 0 Å². The summed E-state index contributed by atoms with van der Waals surface area (Å²) < 4.78 is 1.56. The molecule has 0 aromatic carbocycles. The van der Waals surface area contributed by atoms with Crippen molar-refractivity contribution in [1.29, 1.82) is 0 Å². The third-order valence-electron chi connectivity index (χ3n) is 1.71. The molecule has 14 heavy (non-hydrogen) atoms. The third-order valence-corrected chi connectivity index (χ3v) is 1.71. The van der Waals surface area contributed by atoms with Gasteiger partial charge in [-0.3, -0.25) is 4.57 Å². The van der Waals surface area contributed by atoms with Crippen molar-refractivity contribution in [2.75, 3.05) is 12.4 Å².